The van der Waals surface area contributed by atoms with Crippen molar-refractivity contribution < 1.29 is 27.9 Å². The maximum absolute atomic E-state index is 12.9. The quantitative estimate of drug-likeness (QED) is 0.767. The third-order valence-electron chi connectivity index (χ3n) is 4.20. The average molecular weight is 344 g/mol. The summed E-state index contributed by atoms with van der Waals surface area (Å²) in [5.74, 6) is -1.85. The molecule has 2 unspecified atom stereocenters. The van der Waals surface area contributed by atoms with Gasteiger partial charge in [0.1, 0.15) is 0 Å². The Morgan fingerprint density at radius 2 is 2.00 bits per heavy atom. The fraction of sp³-hybridized carbons (Fsp3) is 0.500. The minimum absolute atomic E-state index is 0.0277. The number of nitrogens with one attached hydrogen (secondary N) is 1. The monoisotopic (exact) mass is 344 g/mol. The molecule has 24 heavy (non-hydrogen) atoms. The first-order chi connectivity index (χ1) is 11.1. The molecule has 1 heterocycles. The minimum Gasteiger partial charge on any atom is -0.391 e. The lowest BCUT2D eigenvalue weighted by atomic mass is 9.96. The number of carbonyl (C=O) groups excluding carboxylic acids is 2. The van der Waals surface area contributed by atoms with E-state index >= 15 is 0 Å². The highest BCUT2D eigenvalue weighted by molar-refractivity contribution is 6.39. The van der Waals surface area contributed by atoms with Crippen molar-refractivity contribution in [2.75, 3.05) is 18.4 Å². The molecule has 2 atom stereocenters. The highest BCUT2D eigenvalue weighted by Gasteiger charge is 2.33. The molecule has 132 valence electrons. The number of likely N-dealkylation sites (tertiary alicyclic amines) is 1. The summed E-state index contributed by atoms with van der Waals surface area (Å²) in [6, 6.07) is 3.34. The third kappa shape index (κ3) is 4.05. The number of benzene rings is 1. The second-order valence-electron chi connectivity index (χ2n) is 6.07. The fourth-order valence-corrected chi connectivity index (χ4v) is 2.57. The molecule has 1 aliphatic heterocycles. The molecule has 1 aromatic carbocycles. The standard InChI is InChI=1S/C16H19F3N2O3/c1-9-3-4-11(7-12(9)16(17,18)19)20-14(23)15(24)21-6-5-10(2)13(22)8-21/h3-4,7,10,13,22H,5-6,8H2,1-2H3,(H,20,23). The number of carbonyl (C=O) groups is 2. The van der Waals surface area contributed by atoms with Crippen LogP contribution in [0.3, 0.4) is 0 Å². The molecule has 2 amide bonds. The van der Waals surface area contributed by atoms with E-state index in [0.717, 1.165) is 6.07 Å². The molecule has 1 aromatic rings. The van der Waals surface area contributed by atoms with Gasteiger partial charge >= 0.3 is 18.0 Å². The van der Waals surface area contributed by atoms with Crippen LogP contribution in [-0.2, 0) is 15.8 Å². The molecule has 2 rings (SSSR count). The maximum atomic E-state index is 12.9. The van der Waals surface area contributed by atoms with Crippen LogP contribution in [0.25, 0.3) is 0 Å². The number of halogens is 3. The number of hydrogen-bond acceptors (Lipinski definition) is 3. The molecule has 0 spiro atoms. The summed E-state index contributed by atoms with van der Waals surface area (Å²) < 4.78 is 38.6. The number of aryl methyl sites for hydroxylation is 1. The molecule has 8 heteroatoms. The fourth-order valence-electron chi connectivity index (χ4n) is 2.57. The Kier molecular flexibility index (Phi) is 5.17. The molecular formula is C16H19F3N2O3. The van der Waals surface area contributed by atoms with Crippen molar-refractivity contribution in [2.24, 2.45) is 5.92 Å². The van der Waals surface area contributed by atoms with Crippen LogP contribution in [0.15, 0.2) is 18.2 Å². The third-order valence-corrected chi connectivity index (χ3v) is 4.20. The van der Waals surface area contributed by atoms with Gasteiger partial charge in [-0.05, 0) is 37.0 Å². The minimum atomic E-state index is -4.54. The lowest BCUT2D eigenvalue weighted by Crippen LogP contribution is -2.49. The van der Waals surface area contributed by atoms with Crippen molar-refractivity contribution in [3.8, 4) is 0 Å². The first-order valence-corrected chi connectivity index (χ1v) is 7.55. The predicted molar refractivity (Wildman–Crippen MR) is 81.2 cm³/mol. The van der Waals surface area contributed by atoms with Gasteiger partial charge in [0, 0.05) is 18.8 Å². The van der Waals surface area contributed by atoms with Gasteiger partial charge < -0.3 is 15.3 Å². The van der Waals surface area contributed by atoms with Gasteiger partial charge in [-0.2, -0.15) is 13.2 Å². The smallest absolute Gasteiger partial charge is 0.391 e. The first-order valence-electron chi connectivity index (χ1n) is 7.55. The van der Waals surface area contributed by atoms with E-state index in [0.29, 0.717) is 13.0 Å². The van der Waals surface area contributed by atoms with Gasteiger partial charge in [0.15, 0.2) is 0 Å². The Hall–Kier alpha value is -2.09. The van der Waals surface area contributed by atoms with Crippen LogP contribution in [0.5, 0.6) is 0 Å². The van der Waals surface area contributed by atoms with Crippen molar-refractivity contribution in [1.82, 2.24) is 4.90 Å². The van der Waals surface area contributed by atoms with Crippen molar-refractivity contribution in [2.45, 2.75) is 32.5 Å². The number of β-amino-alcohol motifs (C(OH)–C–C–N with tert-alkyl or cyclic N) is 1. The number of anilines is 1. The number of nitrogens with zero attached hydrogens (tertiary/aromatic N) is 1. The van der Waals surface area contributed by atoms with E-state index in [1.165, 1.54) is 24.0 Å². The highest BCUT2D eigenvalue weighted by Crippen LogP contribution is 2.33. The zero-order valence-electron chi connectivity index (χ0n) is 13.4. The largest absolute Gasteiger partial charge is 0.416 e. The SMILES string of the molecule is Cc1ccc(NC(=O)C(=O)N2CCC(C)C(O)C2)cc1C(F)(F)F. The average Bonchev–Trinajstić information content (AvgIpc) is 2.50. The van der Waals surface area contributed by atoms with E-state index in [9.17, 15) is 27.9 Å². The van der Waals surface area contributed by atoms with E-state index in [2.05, 4.69) is 5.32 Å². The van der Waals surface area contributed by atoms with E-state index < -0.39 is 29.7 Å². The summed E-state index contributed by atoms with van der Waals surface area (Å²) in [7, 11) is 0. The highest BCUT2D eigenvalue weighted by atomic mass is 19.4. The van der Waals surface area contributed by atoms with Crippen LogP contribution in [0, 0.1) is 12.8 Å². The zero-order chi connectivity index (χ0) is 18.1. The van der Waals surface area contributed by atoms with Gasteiger partial charge in [-0.15, -0.1) is 0 Å². The molecule has 0 aromatic heterocycles. The molecule has 0 aliphatic carbocycles. The molecule has 1 aliphatic rings. The molecule has 0 saturated carbocycles. The number of aliphatic hydroxyl groups excluding tert-OH is 1. The molecule has 0 bridgehead atoms. The Balaban J connectivity index is 2.08. The maximum Gasteiger partial charge on any atom is 0.416 e. The summed E-state index contributed by atoms with van der Waals surface area (Å²) in [5, 5.41) is 12.0. The molecule has 5 nitrogen and oxygen atoms in total. The first kappa shape index (κ1) is 18.3. The van der Waals surface area contributed by atoms with E-state index in [1.807, 2.05) is 6.92 Å². The second kappa shape index (κ2) is 6.80. The summed E-state index contributed by atoms with van der Waals surface area (Å²) in [6.07, 6.45) is -4.70. The lowest BCUT2D eigenvalue weighted by Gasteiger charge is -2.33. The van der Waals surface area contributed by atoms with Crippen LogP contribution >= 0.6 is 0 Å². The second-order valence-corrected chi connectivity index (χ2v) is 6.07. The van der Waals surface area contributed by atoms with Gasteiger partial charge in [-0.25, -0.2) is 0 Å². The van der Waals surface area contributed by atoms with Crippen LogP contribution in [0.1, 0.15) is 24.5 Å². The number of rotatable bonds is 1. The van der Waals surface area contributed by atoms with E-state index in [4.69, 9.17) is 0 Å². The van der Waals surface area contributed by atoms with Crippen LogP contribution in [0.4, 0.5) is 18.9 Å². The molecular weight excluding hydrogens is 325 g/mol. The van der Waals surface area contributed by atoms with E-state index in [-0.39, 0.29) is 23.7 Å². The number of aliphatic hydroxyl groups is 1. The van der Waals surface area contributed by atoms with Crippen molar-refractivity contribution >= 4 is 17.5 Å². The van der Waals surface area contributed by atoms with Crippen LogP contribution in [-0.4, -0.2) is 41.0 Å². The van der Waals surface area contributed by atoms with Crippen molar-refractivity contribution in [3.63, 3.8) is 0 Å². The van der Waals surface area contributed by atoms with Crippen molar-refractivity contribution in [1.29, 1.82) is 0 Å². The van der Waals surface area contributed by atoms with Gasteiger partial charge in [0.05, 0.1) is 11.7 Å². The summed E-state index contributed by atoms with van der Waals surface area (Å²) in [4.78, 5) is 25.3. The number of piperidine rings is 1. The Morgan fingerprint density at radius 3 is 2.58 bits per heavy atom. The van der Waals surface area contributed by atoms with Crippen LogP contribution < -0.4 is 5.32 Å². The van der Waals surface area contributed by atoms with Gasteiger partial charge in [-0.3, -0.25) is 9.59 Å². The zero-order valence-corrected chi connectivity index (χ0v) is 13.4. The predicted octanol–water partition coefficient (Wildman–Crippen LogP) is 2.18. The summed E-state index contributed by atoms with van der Waals surface area (Å²) in [6.45, 7) is 3.52. The van der Waals surface area contributed by atoms with E-state index in [1.54, 1.807) is 0 Å². The molecule has 2 N–H and O–H groups in total. The summed E-state index contributed by atoms with van der Waals surface area (Å²) >= 11 is 0. The Morgan fingerprint density at radius 1 is 1.33 bits per heavy atom. The van der Waals surface area contributed by atoms with Gasteiger partial charge in [0.2, 0.25) is 0 Å². The number of alkyl halides is 3. The summed E-state index contributed by atoms with van der Waals surface area (Å²) in [5.41, 5.74) is -0.938. The van der Waals surface area contributed by atoms with Crippen LogP contribution in [0.2, 0.25) is 0 Å². The topological polar surface area (TPSA) is 69.6 Å². The molecule has 0 radical (unpaired) electrons. The van der Waals surface area contributed by atoms with Crippen molar-refractivity contribution in [3.05, 3.63) is 29.3 Å². The molecule has 1 saturated heterocycles. The Labute approximate surface area is 137 Å². The normalized spacial score (nSPS) is 21.5. The number of hydrogen-bond donors (Lipinski definition) is 2. The lowest BCUT2D eigenvalue weighted by molar-refractivity contribution is -0.146. The van der Waals surface area contributed by atoms with Gasteiger partial charge in [-0.1, -0.05) is 13.0 Å². The Bertz CT molecular complexity index is 646. The number of amides is 2. The molecule has 1 fully saturated rings. The van der Waals surface area contributed by atoms with Gasteiger partial charge in [0.25, 0.3) is 0 Å².